The molecule has 9 nitrogen and oxygen atoms in total. The van der Waals surface area contributed by atoms with Gasteiger partial charge in [-0.15, -0.1) is 0 Å². The van der Waals surface area contributed by atoms with Crippen LogP contribution in [0.1, 0.15) is 46.8 Å². The van der Waals surface area contributed by atoms with Gasteiger partial charge in [0.2, 0.25) is 5.90 Å². The molecule has 1 aliphatic heterocycles. The molecule has 0 aromatic heterocycles. The number of aliphatic hydroxyl groups excluding tert-OH is 1. The van der Waals surface area contributed by atoms with E-state index in [1.54, 1.807) is 12.1 Å². The fraction of sp³-hybridized carbons (Fsp3) is 0.243. The highest BCUT2D eigenvalue weighted by Crippen LogP contribution is 2.46. The van der Waals surface area contributed by atoms with Crippen molar-refractivity contribution in [2.75, 3.05) is 13.2 Å². The lowest BCUT2D eigenvalue weighted by atomic mass is 9.83. The zero-order valence-electron chi connectivity index (χ0n) is 25.3. The molecular weight excluding hydrogens is 578 g/mol. The lowest BCUT2D eigenvalue weighted by molar-refractivity contribution is -0.129. The van der Waals surface area contributed by atoms with Crippen molar-refractivity contribution in [3.8, 4) is 5.75 Å². The normalized spacial score (nSPS) is 18.8. The monoisotopic (exact) mass is 613 g/mol. The maximum Gasteiger partial charge on any atom is 0.252 e. The number of ether oxygens (including phenoxy) is 2. The number of benzene rings is 4. The topological polar surface area (TPSA) is 129 Å². The molecule has 2 N–H and O–H groups in total. The van der Waals surface area contributed by atoms with E-state index in [1.165, 1.54) is 11.1 Å². The van der Waals surface area contributed by atoms with Crippen LogP contribution in [0.5, 0.6) is 5.75 Å². The third kappa shape index (κ3) is 6.66. The molecule has 1 amide bonds. The summed E-state index contributed by atoms with van der Waals surface area (Å²) in [5.74, 6) is 0.694. The van der Waals surface area contributed by atoms with Gasteiger partial charge in [-0.2, -0.15) is 0 Å². The van der Waals surface area contributed by atoms with Crippen molar-refractivity contribution in [1.82, 2.24) is 5.32 Å². The van der Waals surface area contributed by atoms with Crippen molar-refractivity contribution < 1.29 is 19.4 Å². The van der Waals surface area contributed by atoms with E-state index in [2.05, 4.69) is 27.5 Å². The Kier molecular flexibility index (Phi) is 9.43. The first-order valence-corrected chi connectivity index (χ1v) is 15.4. The van der Waals surface area contributed by atoms with Crippen LogP contribution in [0.25, 0.3) is 16.5 Å². The molecule has 1 heterocycles. The molecule has 0 radical (unpaired) electrons. The lowest BCUT2D eigenvalue weighted by Crippen LogP contribution is -2.51. The molecule has 0 saturated heterocycles. The Morgan fingerprint density at radius 2 is 1.70 bits per heavy atom. The molecule has 1 aliphatic carbocycles. The summed E-state index contributed by atoms with van der Waals surface area (Å²) in [5, 5.41) is 16.3. The van der Waals surface area contributed by atoms with E-state index >= 15 is 0 Å². The molecule has 4 aromatic rings. The van der Waals surface area contributed by atoms with Gasteiger partial charge in [0, 0.05) is 47.2 Å². The molecule has 0 fully saturated rings. The summed E-state index contributed by atoms with van der Waals surface area (Å²) in [4.78, 5) is 22.8. The van der Waals surface area contributed by atoms with Crippen molar-refractivity contribution in [1.29, 1.82) is 0 Å². The maximum atomic E-state index is 14.7. The van der Waals surface area contributed by atoms with Crippen LogP contribution in [-0.4, -0.2) is 41.7 Å². The largest absolute Gasteiger partial charge is 0.494 e. The number of hydrogen-bond donors (Lipinski definition) is 2. The van der Waals surface area contributed by atoms with Gasteiger partial charge < -0.3 is 19.9 Å². The number of hydrogen-bond acceptors (Lipinski definition) is 6. The number of amides is 1. The minimum Gasteiger partial charge on any atom is -0.494 e. The van der Waals surface area contributed by atoms with E-state index in [0.29, 0.717) is 41.5 Å². The van der Waals surface area contributed by atoms with Crippen LogP contribution in [0.4, 0.5) is 5.69 Å². The van der Waals surface area contributed by atoms with Crippen LogP contribution in [0.15, 0.2) is 119 Å². The Labute approximate surface area is 267 Å². The predicted molar refractivity (Wildman–Crippen MR) is 178 cm³/mol. The van der Waals surface area contributed by atoms with Crippen LogP contribution in [0.3, 0.4) is 0 Å². The van der Waals surface area contributed by atoms with Crippen LogP contribution in [0, 0.1) is 0 Å². The molecule has 0 unspecified atom stereocenters. The molecular formula is C37H35N5O4. The average Bonchev–Trinajstić information content (AvgIpc) is 3.68. The summed E-state index contributed by atoms with van der Waals surface area (Å²) in [6.45, 7) is 0.449. The highest BCUT2D eigenvalue weighted by molar-refractivity contribution is 6.01. The van der Waals surface area contributed by atoms with Crippen molar-refractivity contribution in [3.63, 3.8) is 0 Å². The first-order valence-electron chi connectivity index (χ1n) is 15.4. The van der Waals surface area contributed by atoms with Gasteiger partial charge in [-0.25, -0.2) is 4.99 Å². The maximum absolute atomic E-state index is 14.7. The lowest BCUT2D eigenvalue weighted by Gasteiger charge is -2.31. The SMILES string of the molecule is [N-]=[N+]=Nc1ccccc1[C@H]1OC(c2ccc(OCCCO)cc2)=N[C@@]1(C/C=C/c1ccccc1)C(=O)NC1Cc2ccccc2C1. The van der Waals surface area contributed by atoms with Crippen molar-refractivity contribution in [3.05, 3.63) is 147 Å². The van der Waals surface area contributed by atoms with E-state index in [1.807, 2.05) is 91.0 Å². The Balaban J connectivity index is 1.40. The average molecular weight is 614 g/mol. The molecule has 0 spiro atoms. The van der Waals surface area contributed by atoms with E-state index in [0.717, 1.165) is 18.4 Å². The summed E-state index contributed by atoms with van der Waals surface area (Å²) >= 11 is 0. The molecule has 9 heteroatoms. The summed E-state index contributed by atoms with van der Waals surface area (Å²) in [5.41, 5.74) is 13.0. The minimum atomic E-state index is -1.41. The Morgan fingerprint density at radius 1 is 1.00 bits per heavy atom. The smallest absolute Gasteiger partial charge is 0.252 e. The fourth-order valence-corrected chi connectivity index (χ4v) is 6.05. The number of aliphatic imine (C=N–C) groups is 1. The van der Waals surface area contributed by atoms with Crippen LogP contribution < -0.4 is 10.1 Å². The molecule has 4 aromatic carbocycles. The highest BCUT2D eigenvalue weighted by atomic mass is 16.5. The van der Waals surface area contributed by atoms with Gasteiger partial charge in [-0.05, 0) is 59.3 Å². The van der Waals surface area contributed by atoms with Gasteiger partial charge in [0.25, 0.3) is 5.91 Å². The molecule has 2 atom stereocenters. The Hall–Kier alpha value is -5.37. The van der Waals surface area contributed by atoms with Gasteiger partial charge in [-0.1, -0.05) is 96.1 Å². The number of carbonyl (C=O) groups is 1. The Bertz CT molecular complexity index is 1760. The van der Waals surface area contributed by atoms with Crippen LogP contribution >= 0.6 is 0 Å². The van der Waals surface area contributed by atoms with Gasteiger partial charge in [0.1, 0.15) is 5.75 Å². The third-order valence-electron chi connectivity index (χ3n) is 8.33. The molecule has 0 bridgehead atoms. The zero-order valence-corrected chi connectivity index (χ0v) is 25.3. The number of fused-ring (bicyclic) bond motifs is 1. The van der Waals surface area contributed by atoms with Crippen LogP contribution in [0.2, 0.25) is 0 Å². The van der Waals surface area contributed by atoms with E-state index in [4.69, 9.17) is 19.6 Å². The van der Waals surface area contributed by atoms with E-state index < -0.39 is 11.6 Å². The van der Waals surface area contributed by atoms with Gasteiger partial charge in [0.05, 0.1) is 6.61 Å². The number of carbonyl (C=O) groups excluding carboxylic acids is 1. The second-order valence-corrected chi connectivity index (χ2v) is 11.4. The zero-order chi connectivity index (χ0) is 31.8. The van der Waals surface area contributed by atoms with Crippen molar-refractivity contribution in [2.45, 2.75) is 43.4 Å². The highest BCUT2D eigenvalue weighted by Gasteiger charge is 2.53. The summed E-state index contributed by atoms with van der Waals surface area (Å²) in [6, 6.07) is 32.5. The van der Waals surface area contributed by atoms with E-state index in [9.17, 15) is 10.3 Å². The fourth-order valence-electron chi connectivity index (χ4n) is 6.05. The second kappa shape index (κ2) is 14.2. The first kappa shape index (κ1) is 30.6. The molecule has 46 heavy (non-hydrogen) atoms. The number of nitrogens with zero attached hydrogens (tertiary/aromatic N) is 4. The number of aliphatic hydroxyl groups is 1. The molecule has 6 rings (SSSR count). The van der Waals surface area contributed by atoms with Crippen LogP contribution in [-0.2, 0) is 22.4 Å². The quantitative estimate of drug-likeness (QED) is 0.0769. The summed E-state index contributed by atoms with van der Waals surface area (Å²) < 4.78 is 12.3. The summed E-state index contributed by atoms with van der Waals surface area (Å²) in [7, 11) is 0. The van der Waals surface area contributed by atoms with Gasteiger partial charge in [0.15, 0.2) is 11.6 Å². The van der Waals surface area contributed by atoms with E-state index in [-0.39, 0.29) is 25.0 Å². The Morgan fingerprint density at radius 3 is 2.41 bits per heavy atom. The van der Waals surface area contributed by atoms with Crippen molar-refractivity contribution in [2.24, 2.45) is 10.1 Å². The molecule has 232 valence electrons. The van der Waals surface area contributed by atoms with Crippen molar-refractivity contribution >= 4 is 23.6 Å². The van der Waals surface area contributed by atoms with Gasteiger partial charge in [-0.3, -0.25) is 4.79 Å². The number of rotatable bonds is 12. The summed E-state index contributed by atoms with van der Waals surface area (Å²) in [6.07, 6.45) is 5.27. The third-order valence-corrected chi connectivity index (χ3v) is 8.33. The first-order chi connectivity index (χ1) is 22.6. The molecule has 2 aliphatic rings. The van der Waals surface area contributed by atoms with Gasteiger partial charge >= 0.3 is 0 Å². The predicted octanol–water partition coefficient (Wildman–Crippen LogP) is 7.03. The minimum absolute atomic E-state index is 0.0528. The second-order valence-electron chi connectivity index (χ2n) is 11.4. The number of azide groups is 1. The molecule has 0 saturated carbocycles. The number of nitrogens with one attached hydrogen (secondary N) is 1. The standard InChI is InChI=1S/C37H35N5O4/c38-42-41-33-16-7-6-15-32(33)34-37(21-8-12-26-10-2-1-3-11-26,36(44)39-30-24-28-13-4-5-14-29(28)25-30)40-35(46-34)27-17-19-31(20-18-27)45-23-9-22-43/h1-8,10-20,30,34,43H,9,21-25H2,(H,39,44)/b12-8+/t34-,37-/m1/s1.